The van der Waals surface area contributed by atoms with E-state index in [0.29, 0.717) is 24.3 Å². The quantitative estimate of drug-likeness (QED) is 0.851. The van der Waals surface area contributed by atoms with Crippen molar-refractivity contribution in [2.24, 2.45) is 11.8 Å². The molecule has 5 nitrogen and oxygen atoms in total. The Hall–Kier alpha value is -2.82. The van der Waals surface area contributed by atoms with Crippen LogP contribution < -0.4 is 10.1 Å². The molecule has 5 heteroatoms. The molecule has 1 aliphatic rings. The fraction of sp³-hybridized carbons (Fsp3) is 0.300. The first kappa shape index (κ1) is 17.0. The number of rotatable bonds is 5. The molecule has 1 aliphatic carbocycles. The van der Waals surface area contributed by atoms with Gasteiger partial charge in [-0.2, -0.15) is 0 Å². The van der Waals surface area contributed by atoms with E-state index in [9.17, 15) is 14.7 Å². The Labute approximate surface area is 146 Å². The molecule has 1 amide bonds. The number of nitrogens with one attached hydrogen (secondary N) is 1. The van der Waals surface area contributed by atoms with E-state index in [0.717, 1.165) is 18.6 Å². The summed E-state index contributed by atoms with van der Waals surface area (Å²) in [6.07, 6.45) is 2.95. The Balaban J connectivity index is 1.62. The van der Waals surface area contributed by atoms with Crippen LogP contribution in [0.15, 0.2) is 54.6 Å². The molecule has 2 N–H and O–H groups in total. The van der Waals surface area contributed by atoms with Gasteiger partial charge in [0, 0.05) is 5.69 Å². The number of para-hydroxylation sites is 1. The van der Waals surface area contributed by atoms with Gasteiger partial charge in [-0.15, -0.1) is 0 Å². The lowest BCUT2D eigenvalue weighted by Gasteiger charge is -2.27. The number of carbonyl (C=O) groups is 2. The van der Waals surface area contributed by atoms with E-state index in [1.165, 1.54) is 0 Å². The van der Waals surface area contributed by atoms with Crippen molar-refractivity contribution in [3.05, 3.63) is 54.6 Å². The Morgan fingerprint density at radius 2 is 1.48 bits per heavy atom. The molecule has 0 aliphatic heterocycles. The van der Waals surface area contributed by atoms with Crippen molar-refractivity contribution in [1.29, 1.82) is 0 Å². The third kappa shape index (κ3) is 4.38. The van der Waals surface area contributed by atoms with E-state index in [-0.39, 0.29) is 5.91 Å². The number of anilines is 1. The van der Waals surface area contributed by atoms with Crippen LogP contribution in [0.25, 0.3) is 0 Å². The monoisotopic (exact) mass is 339 g/mol. The summed E-state index contributed by atoms with van der Waals surface area (Å²) in [5.41, 5.74) is 0.639. The van der Waals surface area contributed by atoms with Crippen molar-refractivity contribution in [2.75, 3.05) is 5.32 Å². The van der Waals surface area contributed by atoms with Crippen molar-refractivity contribution in [2.45, 2.75) is 25.7 Å². The Morgan fingerprint density at radius 3 is 2.12 bits per heavy atom. The number of hydrogen-bond donors (Lipinski definition) is 2. The molecular weight excluding hydrogens is 318 g/mol. The molecule has 1 fully saturated rings. The minimum atomic E-state index is -0.883. The normalized spacial score (nSPS) is 19.8. The lowest BCUT2D eigenvalue weighted by atomic mass is 9.78. The second kappa shape index (κ2) is 7.83. The summed E-state index contributed by atoms with van der Waals surface area (Å²) in [6.45, 7) is 0. The van der Waals surface area contributed by atoms with Crippen molar-refractivity contribution >= 4 is 17.6 Å². The smallest absolute Gasteiger partial charge is 0.307 e. The number of carboxylic acids is 1. The molecule has 0 unspecified atom stereocenters. The highest BCUT2D eigenvalue weighted by Crippen LogP contribution is 2.31. The van der Waals surface area contributed by atoms with E-state index < -0.39 is 17.8 Å². The van der Waals surface area contributed by atoms with Gasteiger partial charge < -0.3 is 15.2 Å². The molecule has 0 aromatic heterocycles. The van der Waals surface area contributed by atoms with Crippen molar-refractivity contribution in [1.82, 2.24) is 0 Å². The first-order valence-corrected chi connectivity index (χ1v) is 8.50. The van der Waals surface area contributed by atoms with Gasteiger partial charge in [-0.1, -0.05) is 31.0 Å². The molecule has 0 bridgehead atoms. The maximum Gasteiger partial charge on any atom is 0.307 e. The number of carbonyl (C=O) groups excluding carboxylic acids is 1. The highest BCUT2D eigenvalue weighted by molar-refractivity contribution is 5.95. The topological polar surface area (TPSA) is 75.6 Å². The largest absolute Gasteiger partial charge is 0.481 e. The van der Waals surface area contributed by atoms with Crippen LogP contribution in [-0.4, -0.2) is 17.0 Å². The number of hydrogen-bond acceptors (Lipinski definition) is 3. The standard InChI is InChI=1S/C20H21NO4/c22-19(17-8-4-5-9-18(17)20(23)24)21-14-10-12-16(13-11-14)25-15-6-2-1-3-7-15/h1-3,6-7,10-13,17-18H,4-5,8-9H2,(H,21,22)(H,23,24)/t17-,18+/m1/s1. The Kier molecular flexibility index (Phi) is 5.33. The van der Waals surface area contributed by atoms with E-state index in [1.807, 2.05) is 30.3 Å². The lowest BCUT2D eigenvalue weighted by molar-refractivity contribution is -0.147. The second-order valence-electron chi connectivity index (χ2n) is 6.26. The van der Waals surface area contributed by atoms with Crippen LogP contribution in [0.4, 0.5) is 5.69 Å². The highest BCUT2D eigenvalue weighted by Gasteiger charge is 2.35. The predicted molar refractivity (Wildman–Crippen MR) is 94.7 cm³/mol. The number of benzene rings is 2. The zero-order chi connectivity index (χ0) is 17.6. The minimum absolute atomic E-state index is 0.219. The molecule has 1 saturated carbocycles. The number of ether oxygens (including phenoxy) is 1. The van der Waals surface area contributed by atoms with Gasteiger partial charge in [-0.05, 0) is 49.2 Å². The number of aliphatic carboxylic acids is 1. The SMILES string of the molecule is O=C(O)[C@H]1CCCC[C@H]1C(=O)Nc1ccc(Oc2ccccc2)cc1. The molecule has 130 valence electrons. The van der Waals surface area contributed by atoms with Crippen molar-refractivity contribution in [3.8, 4) is 11.5 Å². The minimum Gasteiger partial charge on any atom is -0.481 e. The van der Waals surface area contributed by atoms with Crippen molar-refractivity contribution < 1.29 is 19.4 Å². The van der Waals surface area contributed by atoms with Gasteiger partial charge in [-0.3, -0.25) is 9.59 Å². The summed E-state index contributed by atoms with van der Waals surface area (Å²) in [5.74, 6) is -0.743. The zero-order valence-electron chi connectivity index (χ0n) is 13.9. The maximum absolute atomic E-state index is 12.5. The van der Waals surface area contributed by atoms with Crippen LogP contribution in [0, 0.1) is 11.8 Å². The third-order valence-electron chi connectivity index (χ3n) is 4.52. The van der Waals surface area contributed by atoms with Gasteiger partial charge >= 0.3 is 5.97 Å². The Morgan fingerprint density at radius 1 is 0.880 bits per heavy atom. The van der Waals surface area contributed by atoms with E-state index in [1.54, 1.807) is 24.3 Å². The zero-order valence-corrected chi connectivity index (χ0v) is 13.9. The summed E-state index contributed by atoms with van der Waals surface area (Å²) in [6, 6.07) is 16.5. The highest BCUT2D eigenvalue weighted by atomic mass is 16.5. The van der Waals surface area contributed by atoms with Crippen LogP contribution in [0.1, 0.15) is 25.7 Å². The van der Waals surface area contributed by atoms with E-state index >= 15 is 0 Å². The summed E-state index contributed by atoms with van der Waals surface area (Å²) in [4.78, 5) is 23.8. The van der Waals surface area contributed by atoms with E-state index in [4.69, 9.17) is 4.74 Å². The van der Waals surface area contributed by atoms with Gasteiger partial charge in [0.1, 0.15) is 11.5 Å². The predicted octanol–water partition coefficient (Wildman–Crippen LogP) is 4.31. The van der Waals surface area contributed by atoms with Crippen molar-refractivity contribution in [3.63, 3.8) is 0 Å². The summed E-state index contributed by atoms with van der Waals surface area (Å²) < 4.78 is 5.71. The maximum atomic E-state index is 12.5. The first-order valence-electron chi connectivity index (χ1n) is 8.50. The van der Waals surface area contributed by atoms with Crippen LogP contribution in [0.2, 0.25) is 0 Å². The molecule has 2 aromatic carbocycles. The molecule has 2 atom stereocenters. The molecule has 0 radical (unpaired) electrons. The van der Waals surface area contributed by atoms with Crippen LogP contribution >= 0.6 is 0 Å². The second-order valence-corrected chi connectivity index (χ2v) is 6.26. The number of amides is 1. The summed E-state index contributed by atoms with van der Waals surface area (Å²) in [7, 11) is 0. The fourth-order valence-electron chi connectivity index (χ4n) is 3.21. The fourth-order valence-corrected chi connectivity index (χ4v) is 3.21. The summed E-state index contributed by atoms with van der Waals surface area (Å²) in [5, 5.41) is 12.1. The van der Waals surface area contributed by atoms with Crippen LogP contribution in [-0.2, 0) is 9.59 Å². The average molecular weight is 339 g/mol. The lowest BCUT2D eigenvalue weighted by Crippen LogP contribution is -2.36. The molecule has 0 heterocycles. The molecule has 25 heavy (non-hydrogen) atoms. The molecule has 2 aromatic rings. The van der Waals surface area contributed by atoms with Gasteiger partial charge in [-0.25, -0.2) is 0 Å². The Bertz CT molecular complexity index is 727. The van der Waals surface area contributed by atoms with E-state index in [2.05, 4.69) is 5.32 Å². The molecule has 0 spiro atoms. The van der Waals surface area contributed by atoms with Gasteiger partial charge in [0.25, 0.3) is 0 Å². The average Bonchev–Trinajstić information content (AvgIpc) is 2.64. The first-order chi connectivity index (χ1) is 12.1. The van der Waals surface area contributed by atoms with Gasteiger partial charge in [0.2, 0.25) is 5.91 Å². The van der Waals surface area contributed by atoms with Crippen LogP contribution in [0.3, 0.4) is 0 Å². The van der Waals surface area contributed by atoms with Gasteiger partial charge in [0.15, 0.2) is 0 Å². The van der Waals surface area contributed by atoms with Crippen LogP contribution in [0.5, 0.6) is 11.5 Å². The summed E-state index contributed by atoms with van der Waals surface area (Å²) >= 11 is 0. The third-order valence-corrected chi connectivity index (χ3v) is 4.52. The molecule has 3 rings (SSSR count). The molecular formula is C20H21NO4. The number of carboxylic acid groups (broad SMARTS) is 1. The van der Waals surface area contributed by atoms with Gasteiger partial charge in [0.05, 0.1) is 11.8 Å². The molecule has 0 saturated heterocycles.